The van der Waals surface area contributed by atoms with Crippen molar-refractivity contribution in [1.29, 1.82) is 0 Å². The summed E-state index contributed by atoms with van der Waals surface area (Å²) in [7, 11) is 1.28. The second kappa shape index (κ2) is 17.2. The number of methoxy groups -OCH3 is 1. The van der Waals surface area contributed by atoms with E-state index < -0.39 is 18.1 Å². The van der Waals surface area contributed by atoms with Crippen LogP contribution in [0, 0.1) is 11.6 Å². The van der Waals surface area contributed by atoms with Gasteiger partial charge in [0, 0.05) is 42.2 Å². The first-order valence-corrected chi connectivity index (χ1v) is 15.2. The van der Waals surface area contributed by atoms with E-state index in [0.717, 1.165) is 36.2 Å². The van der Waals surface area contributed by atoms with E-state index in [0.29, 0.717) is 54.6 Å². The lowest BCUT2D eigenvalue weighted by Crippen LogP contribution is -2.49. The first kappa shape index (κ1) is 35.9. The highest BCUT2D eigenvalue weighted by Gasteiger charge is 2.21. The van der Waals surface area contributed by atoms with Gasteiger partial charge in [-0.2, -0.15) is 4.39 Å². The largest absolute Gasteiger partial charge is 0.554 e. The maximum absolute atomic E-state index is 14.8. The second-order valence-electron chi connectivity index (χ2n) is 10.4. The van der Waals surface area contributed by atoms with E-state index in [9.17, 15) is 13.6 Å². The number of fused-ring (bicyclic) bond motifs is 1. The molecular formula is C33H42F2N6O5. The summed E-state index contributed by atoms with van der Waals surface area (Å²) in [6, 6.07) is 8.30. The summed E-state index contributed by atoms with van der Waals surface area (Å²) in [5.74, 6) is -1.98. The van der Waals surface area contributed by atoms with Gasteiger partial charge in [-0.05, 0) is 63.1 Å². The van der Waals surface area contributed by atoms with Crippen LogP contribution >= 0.6 is 0 Å². The van der Waals surface area contributed by atoms with Crippen LogP contribution < -0.4 is 20.5 Å². The Morgan fingerprint density at radius 3 is 2.41 bits per heavy atom. The molecule has 4 rings (SSSR count). The van der Waals surface area contributed by atoms with Crippen molar-refractivity contribution in [1.82, 2.24) is 19.7 Å². The fourth-order valence-electron chi connectivity index (χ4n) is 5.25. The molecule has 0 radical (unpaired) electrons. The molecule has 0 saturated heterocycles. The number of nitrogens with one attached hydrogen (secondary N) is 2. The van der Waals surface area contributed by atoms with Crippen LogP contribution in [0.4, 0.5) is 20.3 Å². The number of imidazole rings is 1. The number of quaternary nitrogens is 1. The summed E-state index contributed by atoms with van der Waals surface area (Å²) in [4.78, 5) is 30.0. The quantitative estimate of drug-likeness (QED) is 0.113. The number of carbonyl (C=O) groups is 2. The van der Waals surface area contributed by atoms with Gasteiger partial charge in [-0.15, -0.1) is 0 Å². The van der Waals surface area contributed by atoms with Crippen LogP contribution in [0.2, 0.25) is 0 Å². The molecule has 1 amide bonds. The Balaban J connectivity index is 0.00000185. The van der Waals surface area contributed by atoms with E-state index in [1.54, 1.807) is 28.9 Å². The van der Waals surface area contributed by atoms with E-state index in [2.05, 4.69) is 41.4 Å². The van der Waals surface area contributed by atoms with Crippen molar-refractivity contribution in [3.05, 3.63) is 71.7 Å². The van der Waals surface area contributed by atoms with Crippen LogP contribution in [0.1, 0.15) is 43.6 Å². The number of aryl methyl sites for hydroxylation is 1. The Morgan fingerprint density at radius 1 is 1.04 bits per heavy atom. The predicted octanol–water partition coefficient (Wildman–Crippen LogP) is 3.98. The molecule has 2 aromatic heterocycles. The number of amides is 1. The van der Waals surface area contributed by atoms with Crippen LogP contribution in [0.3, 0.4) is 0 Å². The number of carboxylic acid groups (broad SMARTS) is 1. The zero-order chi connectivity index (χ0) is 33.7. The minimum Gasteiger partial charge on any atom is -0.554 e. The maximum atomic E-state index is 14.8. The fourth-order valence-corrected chi connectivity index (χ4v) is 5.25. The van der Waals surface area contributed by atoms with E-state index in [1.807, 2.05) is 13.0 Å². The van der Waals surface area contributed by atoms with Gasteiger partial charge in [0.2, 0.25) is 5.82 Å². The smallest absolute Gasteiger partial charge is 0.251 e. The molecule has 0 atom stereocenters. The van der Waals surface area contributed by atoms with Crippen LogP contribution in [-0.2, 0) is 16.0 Å². The molecule has 46 heavy (non-hydrogen) atoms. The average molecular weight is 641 g/mol. The lowest BCUT2D eigenvalue weighted by molar-refractivity contribution is -0.923. The van der Waals surface area contributed by atoms with Crippen molar-refractivity contribution in [3.8, 4) is 17.0 Å². The Morgan fingerprint density at radius 2 is 1.76 bits per heavy atom. The van der Waals surface area contributed by atoms with Gasteiger partial charge in [-0.1, -0.05) is 6.92 Å². The zero-order valence-electron chi connectivity index (χ0n) is 26.9. The number of hydrogen-bond donors (Lipinski definition) is 2. The topological polar surface area (TPSA) is 130 Å². The molecule has 11 nitrogen and oxygen atoms in total. The van der Waals surface area contributed by atoms with Gasteiger partial charge in [0.25, 0.3) is 5.91 Å². The van der Waals surface area contributed by atoms with Crippen LogP contribution in [0.25, 0.3) is 16.9 Å². The molecule has 13 heteroatoms. The number of likely N-dealkylation sites (N-methyl/N-ethyl adjacent to an activating group) is 1. The molecule has 2 aromatic carbocycles. The van der Waals surface area contributed by atoms with Gasteiger partial charge in [0.05, 0.1) is 51.8 Å². The van der Waals surface area contributed by atoms with Crippen LogP contribution in [0.5, 0.6) is 5.75 Å². The predicted molar refractivity (Wildman–Crippen MR) is 170 cm³/mol. The molecule has 0 bridgehead atoms. The summed E-state index contributed by atoms with van der Waals surface area (Å²) >= 11 is 0. The number of anilines is 2. The molecule has 2 heterocycles. The minimum atomic E-state index is -1.06. The highest BCUT2D eigenvalue weighted by molar-refractivity contribution is 5.96. The molecule has 0 fully saturated rings. The monoisotopic (exact) mass is 640 g/mol. The molecule has 248 valence electrons. The van der Waals surface area contributed by atoms with Crippen LogP contribution in [0.15, 0.2) is 48.9 Å². The van der Waals surface area contributed by atoms with Gasteiger partial charge in [-0.3, -0.25) is 9.20 Å². The van der Waals surface area contributed by atoms with E-state index in [4.69, 9.17) is 19.4 Å². The lowest BCUT2D eigenvalue weighted by Gasteiger charge is -2.35. The lowest BCUT2D eigenvalue weighted by atomic mass is 10.0. The number of ether oxygens (including phenoxy) is 2. The van der Waals surface area contributed by atoms with E-state index in [-0.39, 0.29) is 17.2 Å². The van der Waals surface area contributed by atoms with Gasteiger partial charge < -0.3 is 34.5 Å². The SMILES string of the molecule is CCc1cc(Nc2nccn3c(-c4ccc(OC)c(F)c4F)cnc23)ccc1C(=O)NCCOCC[N+](CC)(CC)CC.O=C[O-]. The summed E-state index contributed by atoms with van der Waals surface area (Å²) in [5, 5.41) is 14.5. The molecule has 0 aliphatic carbocycles. The number of carbonyl (C=O) groups excluding carboxylic acids is 2. The molecule has 4 aromatic rings. The van der Waals surface area contributed by atoms with Crippen molar-refractivity contribution in [3.63, 3.8) is 0 Å². The first-order chi connectivity index (χ1) is 22.2. The Labute approximate surface area is 267 Å². The molecule has 0 aliphatic rings. The molecule has 0 unspecified atom stereocenters. The van der Waals surface area contributed by atoms with Crippen molar-refractivity contribution in [2.45, 2.75) is 34.1 Å². The third-order valence-electron chi connectivity index (χ3n) is 8.22. The second-order valence-corrected chi connectivity index (χ2v) is 10.4. The first-order valence-electron chi connectivity index (χ1n) is 15.2. The number of aromatic nitrogens is 3. The summed E-state index contributed by atoms with van der Waals surface area (Å²) in [6.45, 7) is 13.9. The zero-order valence-corrected chi connectivity index (χ0v) is 26.9. The summed E-state index contributed by atoms with van der Waals surface area (Å²) in [6.07, 6.45) is 5.29. The van der Waals surface area contributed by atoms with Gasteiger partial charge in [0.1, 0.15) is 6.54 Å². The van der Waals surface area contributed by atoms with Crippen LogP contribution in [-0.4, -0.2) is 84.3 Å². The maximum Gasteiger partial charge on any atom is 0.251 e. The fraction of sp³-hybridized carbons (Fsp3) is 0.394. The average Bonchev–Trinajstić information content (AvgIpc) is 3.51. The molecule has 0 aliphatic heterocycles. The van der Waals surface area contributed by atoms with Gasteiger partial charge >= 0.3 is 0 Å². The summed E-state index contributed by atoms with van der Waals surface area (Å²) < 4.78 is 42.6. The number of benzene rings is 2. The number of rotatable bonds is 15. The van der Waals surface area contributed by atoms with Crippen molar-refractivity contribution >= 4 is 29.5 Å². The number of nitrogens with zero attached hydrogens (tertiary/aromatic N) is 4. The van der Waals surface area contributed by atoms with Crippen molar-refractivity contribution in [2.75, 3.05) is 58.4 Å². The minimum absolute atomic E-state index is 0.0483. The van der Waals surface area contributed by atoms with Crippen molar-refractivity contribution < 1.29 is 37.4 Å². The Bertz CT molecular complexity index is 1600. The van der Waals surface area contributed by atoms with E-state index >= 15 is 0 Å². The number of hydrogen-bond acceptors (Lipinski definition) is 8. The van der Waals surface area contributed by atoms with Gasteiger partial charge in [0.15, 0.2) is 23.0 Å². The third kappa shape index (κ3) is 8.34. The molecule has 0 spiro atoms. The molecule has 2 N–H and O–H groups in total. The van der Waals surface area contributed by atoms with E-state index in [1.165, 1.54) is 25.4 Å². The highest BCUT2D eigenvalue weighted by atomic mass is 19.2. The molecule has 0 saturated carbocycles. The molecular weight excluding hydrogens is 598 g/mol. The Kier molecular flexibility index (Phi) is 13.4. The Hall–Kier alpha value is -4.62. The highest BCUT2D eigenvalue weighted by Crippen LogP contribution is 2.31. The standard InChI is InChI=1S/C32H40F2N6O3.CH2O2/c1-6-22-20-23(10-11-24(22)32(41)36-15-18-43-19-17-40(7-2,8-3)9-4)38-30-31-37-21-26(39(31)16-14-35-30)25-12-13-27(42-5)29(34)28(25)33;2-1-3/h10-14,16,20-21H,6-9,15,17-19H2,1-5H3,(H-,35,36,38,41);1H,(H,2,3). The summed E-state index contributed by atoms with van der Waals surface area (Å²) in [5.41, 5.74) is 3.02. The third-order valence-corrected chi connectivity index (χ3v) is 8.22. The normalized spacial score (nSPS) is 11.1. The van der Waals surface area contributed by atoms with Gasteiger partial charge in [-0.25, -0.2) is 14.4 Å². The number of halogens is 2. The van der Waals surface area contributed by atoms with Crippen molar-refractivity contribution in [2.24, 2.45) is 0 Å².